The molecule has 0 aliphatic rings. The number of benzene rings is 2. The molecule has 0 amide bonds. The summed E-state index contributed by atoms with van der Waals surface area (Å²) in [5.74, 6) is -0.790. The molecular weight excluding hydrogens is 246 g/mol. The summed E-state index contributed by atoms with van der Waals surface area (Å²) in [7, 11) is 0. The molecule has 2 aromatic rings. The van der Waals surface area contributed by atoms with E-state index in [1.165, 1.54) is 24.3 Å². The van der Waals surface area contributed by atoms with Crippen molar-refractivity contribution in [3.05, 3.63) is 48.0 Å². The molecule has 2 aromatic carbocycles. The number of aromatic hydroxyl groups is 1. The first-order valence-electron chi connectivity index (χ1n) is 5.33. The predicted octanol–water partition coefficient (Wildman–Crippen LogP) is 1.52. The van der Waals surface area contributed by atoms with E-state index in [0.29, 0.717) is 17.1 Å². The number of carbonyl (C=O) groups is 1. The number of rotatable bonds is 1. The number of carboxylic acid groups (broad SMARTS) is 1. The maximum absolute atomic E-state index is 10.3. The van der Waals surface area contributed by atoms with Crippen molar-refractivity contribution in [3.8, 4) is 5.75 Å². The van der Waals surface area contributed by atoms with Crippen molar-refractivity contribution in [2.24, 2.45) is 0 Å². The number of aromatic carboxylic acids is 1. The number of hydrogen-bond acceptors (Lipinski definition) is 5. The molecule has 100 valence electrons. The lowest BCUT2D eigenvalue weighted by atomic mass is 10.2. The topological polar surface area (TPSA) is 136 Å². The molecule has 0 heterocycles. The molecule has 8 N–H and O–H groups in total. The molecule has 0 atom stereocenters. The molecule has 0 aromatic heterocycles. The number of nitrogens with two attached hydrogens (primary N) is 3. The second kappa shape index (κ2) is 6.15. The van der Waals surface area contributed by atoms with Crippen LogP contribution in [0.25, 0.3) is 0 Å². The fourth-order valence-corrected chi connectivity index (χ4v) is 1.19. The van der Waals surface area contributed by atoms with Gasteiger partial charge in [-0.3, -0.25) is 0 Å². The molecule has 6 heteroatoms. The SMILES string of the molecule is Nc1ccc(C(=O)O)cc1.Nc1ccc(O)cc1N. The molecule has 0 aliphatic heterocycles. The van der Waals surface area contributed by atoms with Gasteiger partial charge in [0, 0.05) is 11.8 Å². The van der Waals surface area contributed by atoms with Gasteiger partial charge in [-0.2, -0.15) is 0 Å². The lowest BCUT2D eigenvalue weighted by Crippen LogP contribution is -1.95. The summed E-state index contributed by atoms with van der Waals surface area (Å²) in [6.07, 6.45) is 0. The standard InChI is InChI=1S/C7H7NO2.C6H8N2O/c8-6-3-1-5(2-4-6)7(9)10;7-5-2-1-4(9)3-6(5)8/h1-4H,8H2,(H,9,10);1-3,9H,7-8H2. The lowest BCUT2D eigenvalue weighted by molar-refractivity contribution is 0.0697. The Kier molecular flexibility index (Phi) is 4.59. The second-order valence-electron chi connectivity index (χ2n) is 3.74. The van der Waals surface area contributed by atoms with Gasteiger partial charge in [-0.1, -0.05) is 0 Å². The van der Waals surface area contributed by atoms with Gasteiger partial charge in [-0.05, 0) is 36.4 Å². The van der Waals surface area contributed by atoms with E-state index in [2.05, 4.69) is 0 Å². The lowest BCUT2D eigenvalue weighted by Gasteiger charge is -1.97. The van der Waals surface area contributed by atoms with Gasteiger partial charge in [0.15, 0.2) is 0 Å². The molecule has 0 unspecified atom stereocenters. The van der Waals surface area contributed by atoms with Crippen molar-refractivity contribution in [3.63, 3.8) is 0 Å². The van der Waals surface area contributed by atoms with Crippen LogP contribution in [0.1, 0.15) is 10.4 Å². The Balaban J connectivity index is 0.000000191. The summed E-state index contributed by atoms with van der Waals surface area (Å²) in [5, 5.41) is 17.2. The number of nitrogen functional groups attached to an aromatic ring is 3. The molecule has 0 saturated carbocycles. The largest absolute Gasteiger partial charge is 0.508 e. The summed E-state index contributed by atoms with van der Waals surface area (Å²) >= 11 is 0. The van der Waals surface area contributed by atoms with Crippen molar-refractivity contribution in [1.29, 1.82) is 0 Å². The van der Waals surface area contributed by atoms with Gasteiger partial charge in [-0.25, -0.2) is 4.79 Å². The maximum atomic E-state index is 10.3. The van der Waals surface area contributed by atoms with Crippen LogP contribution < -0.4 is 17.2 Å². The van der Waals surface area contributed by atoms with Gasteiger partial charge < -0.3 is 27.4 Å². The van der Waals surface area contributed by atoms with Gasteiger partial charge in [-0.15, -0.1) is 0 Å². The average Bonchev–Trinajstić information content (AvgIpc) is 2.35. The van der Waals surface area contributed by atoms with Crippen LogP contribution in [0.15, 0.2) is 42.5 Å². The van der Waals surface area contributed by atoms with Crippen molar-refractivity contribution in [2.75, 3.05) is 17.2 Å². The Bertz CT molecular complexity index is 568. The quantitative estimate of drug-likeness (QED) is 0.390. The number of anilines is 3. The van der Waals surface area contributed by atoms with Crippen molar-refractivity contribution in [1.82, 2.24) is 0 Å². The zero-order valence-electron chi connectivity index (χ0n) is 10.1. The first kappa shape index (κ1) is 14.2. The maximum Gasteiger partial charge on any atom is 0.335 e. The fourth-order valence-electron chi connectivity index (χ4n) is 1.19. The Labute approximate surface area is 110 Å². The first-order chi connectivity index (χ1) is 8.90. The van der Waals surface area contributed by atoms with E-state index in [4.69, 9.17) is 27.4 Å². The second-order valence-corrected chi connectivity index (χ2v) is 3.74. The Morgan fingerprint density at radius 3 is 1.89 bits per heavy atom. The highest BCUT2D eigenvalue weighted by Crippen LogP contribution is 2.19. The van der Waals surface area contributed by atoms with Crippen LogP contribution in [0, 0.1) is 0 Å². The summed E-state index contributed by atoms with van der Waals surface area (Å²) in [6, 6.07) is 10.5. The van der Waals surface area contributed by atoms with Crippen LogP contribution >= 0.6 is 0 Å². The van der Waals surface area contributed by atoms with Crippen molar-refractivity contribution in [2.45, 2.75) is 0 Å². The van der Waals surface area contributed by atoms with Crippen LogP contribution in [-0.2, 0) is 0 Å². The minimum Gasteiger partial charge on any atom is -0.508 e. The van der Waals surface area contributed by atoms with E-state index >= 15 is 0 Å². The molecule has 0 spiro atoms. The normalized spacial score (nSPS) is 9.26. The molecule has 0 bridgehead atoms. The van der Waals surface area contributed by atoms with E-state index < -0.39 is 5.97 Å². The third kappa shape index (κ3) is 4.47. The smallest absolute Gasteiger partial charge is 0.335 e. The number of phenolic OH excluding ortho intramolecular Hbond substituents is 1. The number of phenols is 1. The van der Waals surface area contributed by atoms with Crippen LogP contribution in [0.2, 0.25) is 0 Å². The number of hydrogen-bond donors (Lipinski definition) is 5. The van der Waals surface area contributed by atoms with Gasteiger partial charge in [0.2, 0.25) is 0 Å². The monoisotopic (exact) mass is 261 g/mol. The fraction of sp³-hybridized carbons (Fsp3) is 0. The first-order valence-corrected chi connectivity index (χ1v) is 5.33. The third-order valence-electron chi connectivity index (χ3n) is 2.23. The van der Waals surface area contributed by atoms with E-state index in [0.717, 1.165) is 0 Å². The van der Waals surface area contributed by atoms with E-state index in [-0.39, 0.29) is 11.3 Å². The Morgan fingerprint density at radius 2 is 1.47 bits per heavy atom. The summed E-state index contributed by atoms with van der Waals surface area (Å²) in [6.45, 7) is 0. The van der Waals surface area contributed by atoms with Crippen LogP contribution in [0.3, 0.4) is 0 Å². The van der Waals surface area contributed by atoms with Gasteiger partial charge in [0.25, 0.3) is 0 Å². The number of carboxylic acids is 1. The van der Waals surface area contributed by atoms with E-state index in [1.54, 1.807) is 18.2 Å². The third-order valence-corrected chi connectivity index (χ3v) is 2.23. The van der Waals surface area contributed by atoms with E-state index in [9.17, 15) is 4.79 Å². The zero-order valence-corrected chi connectivity index (χ0v) is 10.1. The molecule has 2 rings (SSSR count). The van der Waals surface area contributed by atoms with Crippen LogP contribution in [0.5, 0.6) is 5.75 Å². The van der Waals surface area contributed by atoms with Gasteiger partial charge in [0.05, 0.1) is 16.9 Å². The van der Waals surface area contributed by atoms with Crippen molar-refractivity contribution >= 4 is 23.0 Å². The molecule has 0 saturated heterocycles. The Hall–Kier alpha value is -2.89. The minimum atomic E-state index is -0.931. The average molecular weight is 261 g/mol. The summed E-state index contributed by atoms with van der Waals surface area (Å²) < 4.78 is 0. The zero-order chi connectivity index (χ0) is 14.4. The Morgan fingerprint density at radius 1 is 0.895 bits per heavy atom. The molecular formula is C13H15N3O3. The molecule has 0 radical (unpaired) electrons. The minimum absolute atomic E-state index is 0.140. The molecule has 0 fully saturated rings. The van der Waals surface area contributed by atoms with Gasteiger partial charge >= 0.3 is 5.97 Å². The highest BCUT2D eigenvalue weighted by Gasteiger charge is 1.98. The highest BCUT2D eigenvalue weighted by molar-refractivity contribution is 5.87. The predicted molar refractivity (Wildman–Crippen MR) is 74.7 cm³/mol. The summed E-state index contributed by atoms with van der Waals surface area (Å²) in [4.78, 5) is 10.3. The molecule has 19 heavy (non-hydrogen) atoms. The molecule has 6 nitrogen and oxygen atoms in total. The molecule has 0 aliphatic carbocycles. The van der Waals surface area contributed by atoms with Crippen molar-refractivity contribution < 1.29 is 15.0 Å². The highest BCUT2D eigenvalue weighted by atomic mass is 16.4. The van der Waals surface area contributed by atoms with Gasteiger partial charge in [0.1, 0.15) is 5.75 Å². The van der Waals surface area contributed by atoms with Crippen LogP contribution in [-0.4, -0.2) is 16.2 Å². The van der Waals surface area contributed by atoms with Crippen LogP contribution in [0.4, 0.5) is 17.1 Å². The van der Waals surface area contributed by atoms with E-state index in [1.807, 2.05) is 0 Å². The summed E-state index contributed by atoms with van der Waals surface area (Å²) in [5.41, 5.74) is 17.8.